The van der Waals surface area contributed by atoms with Crippen LogP contribution >= 0.6 is 11.3 Å². The zero-order chi connectivity index (χ0) is 14.6. The summed E-state index contributed by atoms with van der Waals surface area (Å²) in [7, 11) is 0. The number of benzene rings is 1. The standard InChI is InChI=1S/C18H17NOS/c1-18(2,20)15-4-3-11-7-14(8-13(11)9-15)16-17-12(10-19-16)5-6-21-17/h3-7,9,20H,8,10H2,1-2H3. The van der Waals surface area contributed by atoms with Gasteiger partial charge < -0.3 is 5.11 Å². The summed E-state index contributed by atoms with van der Waals surface area (Å²) in [5.41, 5.74) is 6.55. The Hall–Kier alpha value is -1.71. The van der Waals surface area contributed by atoms with Crippen LogP contribution in [-0.2, 0) is 18.6 Å². The molecule has 0 saturated carbocycles. The van der Waals surface area contributed by atoms with Crippen LogP contribution in [0.2, 0.25) is 0 Å². The molecule has 1 aromatic heterocycles. The van der Waals surface area contributed by atoms with Crippen molar-refractivity contribution in [3.8, 4) is 0 Å². The summed E-state index contributed by atoms with van der Waals surface area (Å²) in [5.74, 6) is 0. The maximum absolute atomic E-state index is 10.2. The molecule has 0 saturated heterocycles. The van der Waals surface area contributed by atoms with E-state index in [-0.39, 0.29) is 0 Å². The topological polar surface area (TPSA) is 32.6 Å². The fourth-order valence-corrected chi connectivity index (χ4v) is 3.99. The van der Waals surface area contributed by atoms with Gasteiger partial charge in [-0.25, -0.2) is 0 Å². The van der Waals surface area contributed by atoms with Crippen molar-refractivity contribution in [3.05, 3.63) is 62.3 Å². The minimum atomic E-state index is -0.788. The Morgan fingerprint density at radius 1 is 1.19 bits per heavy atom. The second kappa shape index (κ2) is 4.39. The fourth-order valence-electron chi connectivity index (χ4n) is 3.03. The summed E-state index contributed by atoms with van der Waals surface area (Å²) >= 11 is 1.78. The van der Waals surface area contributed by atoms with Crippen LogP contribution in [0.15, 0.2) is 40.2 Å². The van der Waals surface area contributed by atoms with Gasteiger partial charge in [-0.05, 0) is 59.2 Å². The second-order valence-electron chi connectivity index (χ2n) is 6.26. The van der Waals surface area contributed by atoms with E-state index in [2.05, 4.69) is 29.7 Å². The van der Waals surface area contributed by atoms with E-state index in [9.17, 15) is 5.11 Å². The van der Waals surface area contributed by atoms with Crippen molar-refractivity contribution in [2.24, 2.45) is 4.99 Å². The summed E-state index contributed by atoms with van der Waals surface area (Å²) in [6.07, 6.45) is 3.16. The van der Waals surface area contributed by atoms with Crippen LogP contribution < -0.4 is 0 Å². The Morgan fingerprint density at radius 2 is 2.05 bits per heavy atom. The van der Waals surface area contributed by atoms with Crippen molar-refractivity contribution in [2.75, 3.05) is 0 Å². The Kier molecular flexibility index (Phi) is 2.72. The van der Waals surface area contributed by atoms with Gasteiger partial charge in [0.2, 0.25) is 0 Å². The van der Waals surface area contributed by atoms with Gasteiger partial charge in [0, 0.05) is 6.42 Å². The highest BCUT2D eigenvalue weighted by molar-refractivity contribution is 7.12. The van der Waals surface area contributed by atoms with Crippen molar-refractivity contribution in [3.63, 3.8) is 0 Å². The molecular weight excluding hydrogens is 278 g/mol. The number of rotatable bonds is 2. The van der Waals surface area contributed by atoms with Crippen LogP contribution in [0.25, 0.3) is 6.08 Å². The second-order valence-corrected chi connectivity index (χ2v) is 7.17. The van der Waals surface area contributed by atoms with Crippen LogP contribution in [0.1, 0.15) is 41.0 Å². The van der Waals surface area contributed by atoms with Gasteiger partial charge in [0.25, 0.3) is 0 Å². The smallest absolute Gasteiger partial charge is 0.0840 e. The van der Waals surface area contributed by atoms with Gasteiger partial charge in [0.15, 0.2) is 0 Å². The molecule has 2 nitrogen and oxygen atoms in total. The SMILES string of the molecule is CC(C)(O)c1ccc2c(c1)CC(C1=NCc3ccsc31)=C2. The molecule has 2 aromatic rings. The van der Waals surface area contributed by atoms with Crippen molar-refractivity contribution < 1.29 is 5.11 Å². The van der Waals surface area contributed by atoms with E-state index in [1.165, 1.54) is 32.9 Å². The van der Waals surface area contributed by atoms with E-state index < -0.39 is 5.60 Å². The Balaban J connectivity index is 1.68. The van der Waals surface area contributed by atoms with Crippen molar-refractivity contribution >= 4 is 23.1 Å². The van der Waals surface area contributed by atoms with Gasteiger partial charge in [-0.15, -0.1) is 11.3 Å². The lowest BCUT2D eigenvalue weighted by Crippen LogP contribution is -2.15. The molecule has 1 aromatic carbocycles. The molecule has 4 rings (SSSR count). The maximum atomic E-state index is 10.2. The largest absolute Gasteiger partial charge is 0.386 e. The number of nitrogens with zero attached hydrogens (tertiary/aromatic N) is 1. The van der Waals surface area contributed by atoms with E-state index in [0.717, 1.165) is 18.5 Å². The van der Waals surface area contributed by atoms with Crippen molar-refractivity contribution in [1.29, 1.82) is 0 Å². The molecule has 0 spiro atoms. The highest BCUT2D eigenvalue weighted by Crippen LogP contribution is 2.35. The highest BCUT2D eigenvalue weighted by Gasteiger charge is 2.25. The number of aliphatic imine (C=N–C) groups is 1. The fraction of sp³-hybridized carbons (Fsp3) is 0.278. The van der Waals surface area contributed by atoms with Crippen molar-refractivity contribution in [1.82, 2.24) is 0 Å². The number of allylic oxidation sites excluding steroid dienone is 1. The van der Waals surface area contributed by atoms with Crippen LogP contribution in [-0.4, -0.2) is 10.8 Å². The lowest BCUT2D eigenvalue weighted by molar-refractivity contribution is 0.0785. The summed E-state index contributed by atoms with van der Waals surface area (Å²) in [5, 5.41) is 12.3. The van der Waals surface area contributed by atoms with Crippen LogP contribution in [0.3, 0.4) is 0 Å². The monoisotopic (exact) mass is 295 g/mol. The van der Waals surface area contributed by atoms with E-state index in [0.29, 0.717) is 0 Å². The molecular formula is C18H17NOS. The van der Waals surface area contributed by atoms with E-state index in [1.54, 1.807) is 11.3 Å². The molecule has 2 aliphatic rings. The zero-order valence-corrected chi connectivity index (χ0v) is 13.0. The summed E-state index contributed by atoms with van der Waals surface area (Å²) in [6.45, 7) is 4.48. The first-order valence-electron chi connectivity index (χ1n) is 7.20. The Bertz CT molecular complexity index is 790. The van der Waals surface area contributed by atoms with E-state index >= 15 is 0 Å². The quantitative estimate of drug-likeness (QED) is 0.895. The molecule has 0 unspecified atom stereocenters. The number of fused-ring (bicyclic) bond motifs is 2. The maximum Gasteiger partial charge on any atom is 0.0840 e. The Labute approximate surface area is 128 Å². The first kappa shape index (κ1) is 13.0. The minimum Gasteiger partial charge on any atom is -0.386 e. The average Bonchev–Trinajstić information content (AvgIpc) is 3.10. The van der Waals surface area contributed by atoms with E-state index in [4.69, 9.17) is 4.99 Å². The van der Waals surface area contributed by atoms with E-state index in [1.807, 2.05) is 19.9 Å². The predicted molar refractivity (Wildman–Crippen MR) is 87.9 cm³/mol. The summed E-state index contributed by atoms with van der Waals surface area (Å²) < 4.78 is 0. The average molecular weight is 295 g/mol. The number of thiophene rings is 1. The van der Waals surface area contributed by atoms with Crippen molar-refractivity contribution in [2.45, 2.75) is 32.4 Å². The highest BCUT2D eigenvalue weighted by atomic mass is 32.1. The third-order valence-electron chi connectivity index (χ3n) is 4.23. The lowest BCUT2D eigenvalue weighted by atomic mass is 9.94. The molecule has 1 aliphatic carbocycles. The summed E-state index contributed by atoms with van der Waals surface area (Å²) in [6, 6.07) is 8.43. The molecule has 0 atom stereocenters. The lowest BCUT2D eigenvalue weighted by Gasteiger charge is -2.18. The molecule has 106 valence electrons. The molecule has 3 heteroatoms. The molecule has 2 heterocycles. The third-order valence-corrected chi connectivity index (χ3v) is 5.20. The van der Waals surface area contributed by atoms with Gasteiger partial charge >= 0.3 is 0 Å². The third kappa shape index (κ3) is 2.08. The summed E-state index contributed by atoms with van der Waals surface area (Å²) in [4.78, 5) is 6.04. The molecule has 1 N–H and O–H groups in total. The molecule has 0 amide bonds. The van der Waals surface area contributed by atoms with Gasteiger partial charge in [-0.1, -0.05) is 18.2 Å². The van der Waals surface area contributed by atoms with Crippen LogP contribution in [0.4, 0.5) is 0 Å². The van der Waals surface area contributed by atoms with Gasteiger partial charge in [0.1, 0.15) is 0 Å². The number of hydrogen-bond acceptors (Lipinski definition) is 3. The predicted octanol–water partition coefficient (Wildman–Crippen LogP) is 3.92. The minimum absolute atomic E-state index is 0.788. The molecule has 1 aliphatic heterocycles. The molecule has 21 heavy (non-hydrogen) atoms. The first-order chi connectivity index (χ1) is 10.0. The Morgan fingerprint density at radius 3 is 2.86 bits per heavy atom. The van der Waals surface area contributed by atoms with Crippen LogP contribution in [0.5, 0.6) is 0 Å². The normalized spacial score (nSPS) is 16.5. The van der Waals surface area contributed by atoms with Gasteiger partial charge in [0.05, 0.1) is 22.7 Å². The molecule has 0 radical (unpaired) electrons. The number of hydrogen-bond donors (Lipinski definition) is 1. The first-order valence-corrected chi connectivity index (χ1v) is 8.08. The molecule has 0 fully saturated rings. The number of aliphatic hydroxyl groups is 1. The van der Waals surface area contributed by atoms with Gasteiger partial charge in [-0.3, -0.25) is 4.99 Å². The van der Waals surface area contributed by atoms with Gasteiger partial charge in [-0.2, -0.15) is 0 Å². The zero-order valence-electron chi connectivity index (χ0n) is 12.2. The molecule has 0 bridgehead atoms. The van der Waals surface area contributed by atoms with Crippen LogP contribution in [0, 0.1) is 0 Å².